The molecule has 5 nitrogen and oxygen atoms in total. The third-order valence-corrected chi connectivity index (χ3v) is 2.29. The SMILES string of the molecule is O=C(O)C1=CN=C2C=C(Cl)C=CN2[C@H]1O. The highest BCUT2D eigenvalue weighted by molar-refractivity contribution is 6.33. The number of hydrogen-bond donors (Lipinski definition) is 2. The first-order valence-corrected chi connectivity index (χ1v) is 4.50. The molecule has 2 rings (SSSR count). The summed E-state index contributed by atoms with van der Waals surface area (Å²) in [5.41, 5.74) is -0.171. The molecule has 0 fully saturated rings. The monoisotopic (exact) mass is 226 g/mol. The smallest absolute Gasteiger partial charge is 0.337 e. The van der Waals surface area contributed by atoms with Crippen LogP contribution in [-0.4, -0.2) is 33.1 Å². The number of nitrogens with zero attached hydrogens (tertiary/aromatic N) is 2. The van der Waals surface area contributed by atoms with Gasteiger partial charge in [-0.15, -0.1) is 0 Å². The van der Waals surface area contributed by atoms with E-state index in [1.165, 1.54) is 11.1 Å². The number of aliphatic carboxylic acids is 1. The van der Waals surface area contributed by atoms with Gasteiger partial charge in [0.2, 0.25) is 0 Å². The number of carboxylic acid groups (broad SMARTS) is 1. The van der Waals surface area contributed by atoms with Crippen LogP contribution in [-0.2, 0) is 4.79 Å². The van der Waals surface area contributed by atoms with Crippen molar-refractivity contribution in [2.75, 3.05) is 0 Å². The number of rotatable bonds is 1. The summed E-state index contributed by atoms with van der Waals surface area (Å²) in [5.74, 6) is -0.778. The lowest BCUT2D eigenvalue weighted by Gasteiger charge is -2.30. The van der Waals surface area contributed by atoms with Gasteiger partial charge in [-0.05, 0) is 12.2 Å². The molecule has 0 radical (unpaired) electrons. The first-order chi connectivity index (χ1) is 7.09. The molecular weight excluding hydrogens is 220 g/mol. The number of amidine groups is 1. The lowest BCUT2D eigenvalue weighted by Crippen LogP contribution is -2.41. The largest absolute Gasteiger partial charge is 0.478 e. The molecule has 2 aliphatic rings. The zero-order valence-electron chi connectivity index (χ0n) is 7.46. The molecule has 2 N–H and O–H groups in total. The quantitative estimate of drug-likeness (QED) is 0.688. The molecule has 0 aromatic carbocycles. The van der Waals surface area contributed by atoms with Crippen LogP contribution in [0.3, 0.4) is 0 Å². The number of halogens is 1. The van der Waals surface area contributed by atoms with Crippen molar-refractivity contribution in [2.45, 2.75) is 6.23 Å². The predicted octanol–water partition coefficient (Wildman–Crippen LogP) is 0.637. The van der Waals surface area contributed by atoms with Crippen LogP contribution in [0.4, 0.5) is 0 Å². The molecule has 0 aromatic heterocycles. The van der Waals surface area contributed by atoms with Crippen molar-refractivity contribution in [1.82, 2.24) is 4.90 Å². The second-order valence-electron chi connectivity index (χ2n) is 3.00. The van der Waals surface area contributed by atoms with E-state index in [1.54, 1.807) is 12.2 Å². The Bertz CT molecular complexity index is 437. The second kappa shape index (κ2) is 3.52. The molecular formula is C9H7ClN2O3. The van der Waals surface area contributed by atoms with Crippen LogP contribution >= 0.6 is 11.6 Å². The first kappa shape index (κ1) is 9.95. The van der Waals surface area contributed by atoms with Gasteiger partial charge in [0, 0.05) is 17.4 Å². The summed E-state index contributed by atoms with van der Waals surface area (Å²) in [6.07, 6.45) is 4.47. The summed E-state index contributed by atoms with van der Waals surface area (Å²) in [7, 11) is 0. The standard InChI is InChI=1S/C9H7ClN2O3/c10-5-1-2-12-7(3-5)11-4-6(8(12)13)9(14)15/h1-4,8,13H,(H,14,15)/t8-/m0/s1. The fourth-order valence-electron chi connectivity index (χ4n) is 1.30. The van der Waals surface area contributed by atoms with Gasteiger partial charge in [0.05, 0.1) is 0 Å². The zero-order chi connectivity index (χ0) is 11.0. The first-order valence-electron chi connectivity index (χ1n) is 4.12. The fourth-order valence-corrected chi connectivity index (χ4v) is 1.46. The maximum atomic E-state index is 10.7. The maximum absolute atomic E-state index is 10.7. The normalized spacial score (nSPS) is 24.0. The average Bonchev–Trinajstić information content (AvgIpc) is 2.17. The highest BCUT2D eigenvalue weighted by Crippen LogP contribution is 2.21. The minimum Gasteiger partial charge on any atom is -0.478 e. The van der Waals surface area contributed by atoms with E-state index in [4.69, 9.17) is 16.7 Å². The Morgan fingerprint density at radius 2 is 2.33 bits per heavy atom. The van der Waals surface area contributed by atoms with E-state index in [0.717, 1.165) is 6.20 Å². The molecule has 0 saturated carbocycles. The molecule has 78 valence electrons. The van der Waals surface area contributed by atoms with Gasteiger partial charge in [0.1, 0.15) is 11.4 Å². The molecule has 2 heterocycles. The Labute approximate surface area is 90.3 Å². The summed E-state index contributed by atoms with van der Waals surface area (Å²) < 4.78 is 0. The average molecular weight is 227 g/mol. The van der Waals surface area contributed by atoms with Gasteiger partial charge in [-0.3, -0.25) is 0 Å². The number of aliphatic hydroxyl groups is 1. The molecule has 0 bridgehead atoms. The lowest BCUT2D eigenvalue weighted by atomic mass is 10.2. The third-order valence-electron chi connectivity index (χ3n) is 2.05. The van der Waals surface area contributed by atoms with E-state index in [-0.39, 0.29) is 5.57 Å². The van der Waals surface area contributed by atoms with Crippen molar-refractivity contribution in [2.24, 2.45) is 4.99 Å². The van der Waals surface area contributed by atoms with Crippen LogP contribution in [0.1, 0.15) is 0 Å². The molecule has 0 amide bonds. The number of aliphatic hydroxyl groups excluding tert-OH is 1. The molecule has 0 aromatic rings. The van der Waals surface area contributed by atoms with E-state index >= 15 is 0 Å². The summed E-state index contributed by atoms with van der Waals surface area (Å²) in [6.45, 7) is 0. The maximum Gasteiger partial charge on any atom is 0.337 e. The topological polar surface area (TPSA) is 73.1 Å². The van der Waals surface area contributed by atoms with Gasteiger partial charge in [-0.1, -0.05) is 11.6 Å². The number of carboxylic acids is 1. The molecule has 0 aliphatic carbocycles. The van der Waals surface area contributed by atoms with Gasteiger partial charge in [0.15, 0.2) is 6.23 Å². The van der Waals surface area contributed by atoms with E-state index in [9.17, 15) is 9.90 Å². The molecule has 6 heteroatoms. The van der Waals surface area contributed by atoms with Gasteiger partial charge in [-0.25, -0.2) is 9.79 Å². The lowest BCUT2D eigenvalue weighted by molar-refractivity contribution is -0.134. The van der Waals surface area contributed by atoms with Crippen LogP contribution < -0.4 is 0 Å². The molecule has 1 atom stereocenters. The number of aliphatic imine (C=N–C) groups is 1. The van der Waals surface area contributed by atoms with Crippen molar-refractivity contribution < 1.29 is 15.0 Å². The Balaban J connectivity index is 2.40. The van der Waals surface area contributed by atoms with Crippen molar-refractivity contribution in [3.05, 3.63) is 35.2 Å². The van der Waals surface area contributed by atoms with Gasteiger partial charge >= 0.3 is 5.97 Å². The van der Waals surface area contributed by atoms with E-state index in [2.05, 4.69) is 4.99 Å². The highest BCUT2D eigenvalue weighted by atomic mass is 35.5. The van der Waals surface area contributed by atoms with E-state index in [0.29, 0.717) is 10.9 Å². The molecule has 0 unspecified atom stereocenters. The summed E-state index contributed by atoms with van der Waals surface area (Å²) in [6, 6.07) is 0. The van der Waals surface area contributed by atoms with Crippen LogP contribution in [0.5, 0.6) is 0 Å². The highest BCUT2D eigenvalue weighted by Gasteiger charge is 2.29. The Hall–Kier alpha value is -1.59. The molecule has 2 aliphatic heterocycles. The van der Waals surface area contributed by atoms with Gasteiger partial charge in [0.25, 0.3) is 0 Å². The van der Waals surface area contributed by atoms with Gasteiger partial charge < -0.3 is 15.1 Å². The fraction of sp³-hybridized carbons (Fsp3) is 0.111. The van der Waals surface area contributed by atoms with Crippen LogP contribution in [0.2, 0.25) is 0 Å². The number of carbonyl (C=O) groups is 1. The third kappa shape index (κ3) is 1.67. The summed E-state index contributed by atoms with van der Waals surface area (Å²) in [5, 5.41) is 18.9. The Kier molecular flexibility index (Phi) is 2.34. The molecule has 0 spiro atoms. The minimum atomic E-state index is -1.23. The number of hydrogen-bond acceptors (Lipinski definition) is 4. The minimum absolute atomic E-state index is 0.171. The molecule has 15 heavy (non-hydrogen) atoms. The van der Waals surface area contributed by atoms with Crippen molar-refractivity contribution in [3.8, 4) is 0 Å². The Morgan fingerprint density at radius 1 is 1.60 bits per heavy atom. The molecule has 0 saturated heterocycles. The summed E-state index contributed by atoms with van der Waals surface area (Å²) in [4.78, 5) is 15.9. The summed E-state index contributed by atoms with van der Waals surface area (Å²) >= 11 is 5.73. The van der Waals surface area contributed by atoms with Crippen molar-refractivity contribution >= 4 is 23.4 Å². The van der Waals surface area contributed by atoms with Crippen LogP contribution in [0, 0.1) is 0 Å². The zero-order valence-corrected chi connectivity index (χ0v) is 8.22. The second-order valence-corrected chi connectivity index (χ2v) is 3.44. The van der Waals surface area contributed by atoms with E-state index < -0.39 is 12.2 Å². The number of fused-ring (bicyclic) bond motifs is 1. The van der Waals surface area contributed by atoms with E-state index in [1.807, 2.05) is 0 Å². The van der Waals surface area contributed by atoms with Crippen molar-refractivity contribution in [3.63, 3.8) is 0 Å². The predicted molar refractivity (Wildman–Crippen MR) is 54.1 cm³/mol. The van der Waals surface area contributed by atoms with Gasteiger partial charge in [-0.2, -0.15) is 0 Å². The van der Waals surface area contributed by atoms with Crippen LogP contribution in [0.25, 0.3) is 0 Å². The number of allylic oxidation sites excluding steroid dienone is 2. The van der Waals surface area contributed by atoms with Crippen LogP contribution in [0.15, 0.2) is 40.1 Å². The Morgan fingerprint density at radius 3 is 3.00 bits per heavy atom. The van der Waals surface area contributed by atoms with Crippen molar-refractivity contribution in [1.29, 1.82) is 0 Å².